The summed E-state index contributed by atoms with van der Waals surface area (Å²) in [6.07, 6.45) is -1.01. The van der Waals surface area contributed by atoms with Gasteiger partial charge in [-0.1, -0.05) is 35.5 Å². The van der Waals surface area contributed by atoms with E-state index < -0.39 is 18.5 Å². The maximum atomic E-state index is 13.9. The number of anilines is 1. The number of aryl methyl sites for hydroxylation is 1. The molecular weight excluding hydrogens is 545 g/mol. The highest BCUT2D eigenvalue weighted by atomic mass is 35.5. The first-order chi connectivity index (χ1) is 18.7. The number of halogens is 2. The predicted octanol–water partition coefficient (Wildman–Crippen LogP) is 5.53. The molecule has 0 spiro atoms. The number of aromatic nitrogens is 2. The zero-order valence-corrected chi connectivity index (χ0v) is 22.1. The molecule has 0 fully saturated rings. The molecule has 0 saturated heterocycles. The summed E-state index contributed by atoms with van der Waals surface area (Å²) in [4.78, 5) is 12.3. The number of nitrogen functional groups attached to an aromatic ring is 1. The molecule has 2 heterocycles. The number of rotatable bonds is 9. The van der Waals surface area contributed by atoms with Crippen molar-refractivity contribution in [3.05, 3.63) is 81.7 Å². The van der Waals surface area contributed by atoms with Crippen molar-refractivity contribution in [2.45, 2.75) is 23.8 Å². The van der Waals surface area contributed by atoms with Crippen molar-refractivity contribution in [2.75, 3.05) is 18.9 Å². The molecule has 2 aromatic carbocycles. The lowest BCUT2D eigenvalue weighted by atomic mass is 10.00. The fraction of sp³-hybridized carbons (Fsp3) is 0.185. The summed E-state index contributed by atoms with van der Waals surface area (Å²) < 4.78 is 25.1. The molecule has 0 aliphatic rings. The highest BCUT2D eigenvalue weighted by Gasteiger charge is 2.22. The van der Waals surface area contributed by atoms with E-state index in [1.165, 1.54) is 23.9 Å². The van der Waals surface area contributed by atoms with Crippen LogP contribution in [0.5, 0.6) is 5.75 Å². The third-order valence-electron chi connectivity index (χ3n) is 5.59. The average Bonchev–Trinajstić information content (AvgIpc) is 3.32. The maximum Gasteiger partial charge on any atom is 0.236 e. The Hall–Kier alpha value is -4.13. The molecule has 4 rings (SSSR count). The van der Waals surface area contributed by atoms with Gasteiger partial charge in [0.2, 0.25) is 11.6 Å². The van der Waals surface area contributed by atoms with E-state index in [1.807, 2.05) is 0 Å². The largest absolute Gasteiger partial charge is 0.491 e. The van der Waals surface area contributed by atoms with Gasteiger partial charge in [-0.2, -0.15) is 5.26 Å². The number of nitrogens with two attached hydrogens (primary N) is 1. The first-order valence-electron chi connectivity index (χ1n) is 11.4. The summed E-state index contributed by atoms with van der Waals surface area (Å²) in [5, 5.41) is 28.8. The van der Waals surface area contributed by atoms with E-state index in [2.05, 4.69) is 20.9 Å². The number of aliphatic hydroxyl groups excluding tert-OH is 2. The average molecular weight is 566 g/mol. The van der Waals surface area contributed by atoms with Crippen LogP contribution in [0.15, 0.2) is 51.9 Å². The monoisotopic (exact) mass is 565 g/mol. The van der Waals surface area contributed by atoms with Crippen LogP contribution in [0, 0.1) is 30.6 Å². The van der Waals surface area contributed by atoms with E-state index in [1.54, 1.807) is 37.3 Å². The number of aliphatic hydroxyl groups is 2. The van der Waals surface area contributed by atoms with Crippen LogP contribution in [0.3, 0.4) is 0 Å². The van der Waals surface area contributed by atoms with E-state index in [0.29, 0.717) is 38.9 Å². The van der Waals surface area contributed by atoms with Crippen LogP contribution in [0.2, 0.25) is 5.02 Å². The van der Waals surface area contributed by atoms with Crippen LogP contribution < -0.4 is 10.5 Å². The van der Waals surface area contributed by atoms with Gasteiger partial charge >= 0.3 is 0 Å². The summed E-state index contributed by atoms with van der Waals surface area (Å²) in [5.41, 5.74) is 8.22. The lowest BCUT2D eigenvalue weighted by Gasteiger charge is -2.14. The fourth-order valence-corrected chi connectivity index (χ4v) is 4.70. The smallest absolute Gasteiger partial charge is 0.236 e. The zero-order valence-electron chi connectivity index (χ0n) is 20.5. The molecule has 1 atom stereocenters. The Balaban J connectivity index is 1.63. The molecule has 0 amide bonds. The fourth-order valence-electron chi connectivity index (χ4n) is 3.59. The van der Waals surface area contributed by atoms with Crippen LogP contribution in [-0.2, 0) is 5.75 Å². The van der Waals surface area contributed by atoms with Gasteiger partial charge < -0.3 is 25.1 Å². The van der Waals surface area contributed by atoms with Crippen molar-refractivity contribution in [3.8, 4) is 34.4 Å². The van der Waals surface area contributed by atoms with Gasteiger partial charge in [0.1, 0.15) is 47.0 Å². The summed E-state index contributed by atoms with van der Waals surface area (Å²) in [7, 11) is 0. The topological polar surface area (TPSA) is 143 Å². The van der Waals surface area contributed by atoms with Crippen molar-refractivity contribution in [1.29, 1.82) is 5.26 Å². The Bertz CT molecular complexity index is 1600. The standard InChI is InChI=1S/C27H21ClFN5O4S/c1-14-22(33-26(38-14)16-5-8-20(28)21(29)9-16)13-39-27-19(10-30)23(24(32-2)25(31)34-27)15-3-6-18(7-4-15)37-12-17(36)11-35/h3-9,17,35-36H,11-13H2,1H3,(H2,31,34)/t17-/m1/s1. The van der Waals surface area contributed by atoms with Crippen molar-refractivity contribution in [1.82, 2.24) is 9.97 Å². The molecule has 0 bridgehead atoms. The number of oxazole rings is 1. The maximum absolute atomic E-state index is 13.9. The normalized spacial score (nSPS) is 11.6. The zero-order chi connectivity index (χ0) is 28.1. The van der Waals surface area contributed by atoms with Gasteiger partial charge in [0.25, 0.3) is 0 Å². The third-order valence-corrected chi connectivity index (χ3v) is 6.88. The molecule has 0 saturated carbocycles. The van der Waals surface area contributed by atoms with Crippen molar-refractivity contribution in [3.63, 3.8) is 0 Å². The van der Waals surface area contributed by atoms with E-state index >= 15 is 0 Å². The minimum atomic E-state index is -1.01. The lowest BCUT2D eigenvalue weighted by Crippen LogP contribution is -2.21. The second-order valence-corrected chi connectivity index (χ2v) is 9.61. The summed E-state index contributed by atoms with van der Waals surface area (Å²) in [6.45, 7) is 8.83. The molecule has 198 valence electrons. The quantitative estimate of drug-likeness (QED) is 0.176. The molecule has 4 N–H and O–H groups in total. The minimum absolute atomic E-state index is 0.00756. The van der Waals surface area contributed by atoms with Gasteiger partial charge in [-0.05, 0) is 42.8 Å². The SMILES string of the molecule is [C-]#[N+]c1c(N)nc(SCc2nc(-c3ccc(Cl)c(F)c3)oc2C)c(C#N)c1-c1ccc(OC[C@H](O)CO)cc1. The number of hydrogen-bond acceptors (Lipinski definition) is 9. The Labute approximate surface area is 232 Å². The molecule has 0 aliphatic heterocycles. The number of nitriles is 1. The Morgan fingerprint density at radius 2 is 1.97 bits per heavy atom. The molecule has 0 radical (unpaired) electrons. The number of nitrogens with zero attached hydrogens (tertiary/aromatic N) is 4. The van der Waals surface area contributed by atoms with Crippen LogP contribution in [0.4, 0.5) is 15.9 Å². The Morgan fingerprint density at radius 1 is 1.26 bits per heavy atom. The third kappa shape index (κ3) is 6.14. The molecule has 12 heteroatoms. The molecule has 4 aromatic rings. The highest BCUT2D eigenvalue weighted by Crippen LogP contribution is 2.42. The predicted molar refractivity (Wildman–Crippen MR) is 145 cm³/mol. The number of thioether (sulfide) groups is 1. The van der Waals surface area contributed by atoms with Gasteiger partial charge in [0.15, 0.2) is 0 Å². The van der Waals surface area contributed by atoms with Crippen LogP contribution >= 0.6 is 23.4 Å². The number of pyridine rings is 1. The lowest BCUT2D eigenvalue weighted by molar-refractivity contribution is 0.0536. The van der Waals surface area contributed by atoms with Crippen molar-refractivity contribution >= 4 is 34.9 Å². The molecule has 9 nitrogen and oxygen atoms in total. The number of hydrogen-bond donors (Lipinski definition) is 3. The molecule has 39 heavy (non-hydrogen) atoms. The van der Waals surface area contributed by atoms with Gasteiger partial charge in [-0.15, -0.1) is 0 Å². The summed E-state index contributed by atoms with van der Waals surface area (Å²) in [5.74, 6) is 0.826. The Morgan fingerprint density at radius 3 is 2.62 bits per heavy atom. The second kappa shape index (κ2) is 12.2. The van der Waals surface area contributed by atoms with E-state index in [-0.39, 0.29) is 40.3 Å². The second-order valence-electron chi connectivity index (χ2n) is 8.24. The minimum Gasteiger partial charge on any atom is -0.491 e. The van der Waals surface area contributed by atoms with Crippen molar-refractivity contribution in [2.24, 2.45) is 0 Å². The highest BCUT2D eigenvalue weighted by molar-refractivity contribution is 7.98. The molecule has 2 aromatic heterocycles. The van der Waals surface area contributed by atoms with Gasteiger partial charge in [-0.3, -0.25) is 0 Å². The molecular formula is C27H21ClFN5O4S. The number of benzene rings is 2. The van der Waals surface area contributed by atoms with Crippen LogP contribution in [0.25, 0.3) is 27.4 Å². The first-order valence-corrected chi connectivity index (χ1v) is 12.8. The van der Waals surface area contributed by atoms with E-state index in [0.717, 1.165) is 0 Å². The first kappa shape index (κ1) is 27.9. The summed E-state index contributed by atoms with van der Waals surface area (Å²) >= 11 is 6.97. The van der Waals surface area contributed by atoms with Gasteiger partial charge in [0.05, 0.1) is 29.5 Å². The van der Waals surface area contributed by atoms with Gasteiger partial charge in [0, 0.05) is 16.9 Å². The van der Waals surface area contributed by atoms with E-state index in [9.17, 15) is 14.8 Å². The molecule has 0 aliphatic carbocycles. The summed E-state index contributed by atoms with van der Waals surface area (Å²) in [6, 6.07) is 13.0. The molecule has 0 unspecified atom stereocenters. The van der Waals surface area contributed by atoms with Gasteiger partial charge in [-0.25, -0.2) is 19.2 Å². The van der Waals surface area contributed by atoms with Crippen molar-refractivity contribution < 1.29 is 23.8 Å². The Kier molecular flexibility index (Phi) is 8.69. The van der Waals surface area contributed by atoms with E-state index in [4.69, 9.17) is 38.2 Å². The van der Waals surface area contributed by atoms with Crippen LogP contribution in [0.1, 0.15) is 17.0 Å². The number of ether oxygens (including phenoxy) is 1. The van der Waals surface area contributed by atoms with Crippen LogP contribution in [-0.4, -0.2) is 39.5 Å².